The van der Waals surface area contributed by atoms with E-state index in [0.717, 1.165) is 36.0 Å². The molecule has 0 amide bonds. The minimum Gasteiger partial charge on any atom is -0.496 e. The lowest BCUT2D eigenvalue weighted by Gasteiger charge is -2.29. The zero-order valence-corrected chi connectivity index (χ0v) is 26.9. The number of esters is 1. The van der Waals surface area contributed by atoms with Gasteiger partial charge in [-0.2, -0.15) is 0 Å². The number of methoxy groups -OCH3 is 2. The zero-order valence-electron chi connectivity index (χ0n) is 26.9. The Bertz CT molecular complexity index is 1480. The Hall–Kier alpha value is -4.24. The van der Waals surface area contributed by atoms with E-state index in [9.17, 15) is 14.7 Å². The highest BCUT2D eigenvalue weighted by molar-refractivity contribution is 6.10. The van der Waals surface area contributed by atoms with Gasteiger partial charge in [-0.1, -0.05) is 85.7 Å². The highest BCUT2D eigenvalue weighted by Gasteiger charge is 2.35. The Morgan fingerprint density at radius 1 is 0.913 bits per heavy atom. The first-order valence-electron chi connectivity index (χ1n) is 15.7. The molecule has 8 heteroatoms. The number of unbranched alkanes of at least 4 members (excludes halogenated alkanes) is 2. The van der Waals surface area contributed by atoms with Crippen LogP contribution in [0.2, 0.25) is 0 Å². The van der Waals surface area contributed by atoms with E-state index in [1.807, 2.05) is 66.7 Å². The maximum atomic E-state index is 13.6. The lowest BCUT2D eigenvalue weighted by Crippen LogP contribution is -2.22. The van der Waals surface area contributed by atoms with Gasteiger partial charge in [-0.25, -0.2) is 0 Å². The molecule has 0 saturated heterocycles. The van der Waals surface area contributed by atoms with Crippen LogP contribution < -0.4 is 4.74 Å². The number of rotatable bonds is 18. The van der Waals surface area contributed by atoms with Crippen LogP contribution in [0.5, 0.6) is 5.75 Å². The van der Waals surface area contributed by atoms with E-state index in [0.29, 0.717) is 55.1 Å². The minimum atomic E-state index is -0.847. The number of fused-ring (bicyclic) bond motifs is 1. The molecule has 0 spiro atoms. The molecule has 8 nitrogen and oxygen atoms in total. The average molecular weight is 629 g/mol. The van der Waals surface area contributed by atoms with Crippen molar-refractivity contribution in [1.82, 2.24) is 0 Å². The third-order valence-corrected chi connectivity index (χ3v) is 7.79. The quantitative estimate of drug-likeness (QED) is 0.0901. The van der Waals surface area contributed by atoms with Crippen LogP contribution in [0.15, 0.2) is 90.7 Å². The average Bonchev–Trinajstić information content (AvgIpc) is 3.07. The van der Waals surface area contributed by atoms with Gasteiger partial charge in [-0.3, -0.25) is 9.59 Å². The van der Waals surface area contributed by atoms with Crippen molar-refractivity contribution >= 4 is 11.8 Å². The molecule has 0 fully saturated rings. The first-order valence-corrected chi connectivity index (χ1v) is 15.7. The Morgan fingerprint density at radius 3 is 2.26 bits per heavy atom. The van der Waals surface area contributed by atoms with Gasteiger partial charge in [0.25, 0.3) is 0 Å². The maximum Gasteiger partial charge on any atom is 0.302 e. The van der Waals surface area contributed by atoms with Gasteiger partial charge in [0.15, 0.2) is 5.76 Å². The van der Waals surface area contributed by atoms with E-state index < -0.39 is 12.2 Å². The van der Waals surface area contributed by atoms with E-state index in [-0.39, 0.29) is 24.1 Å². The summed E-state index contributed by atoms with van der Waals surface area (Å²) in [6, 6.07) is 21.6. The monoisotopic (exact) mass is 628 g/mol. The van der Waals surface area contributed by atoms with Gasteiger partial charge >= 0.3 is 5.97 Å². The fraction of sp³-hybridized carbons (Fsp3) is 0.368. The molecule has 1 aliphatic carbocycles. The van der Waals surface area contributed by atoms with Crippen LogP contribution in [0.4, 0.5) is 0 Å². The molecular formula is C38H44O8. The Kier molecular flexibility index (Phi) is 13.6. The van der Waals surface area contributed by atoms with Crippen LogP contribution in [0.1, 0.15) is 83.0 Å². The molecule has 3 aromatic carbocycles. The number of hydrogen-bond donors (Lipinski definition) is 1. The van der Waals surface area contributed by atoms with E-state index in [2.05, 4.69) is 0 Å². The summed E-state index contributed by atoms with van der Waals surface area (Å²) >= 11 is 0. The largest absolute Gasteiger partial charge is 0.496 e. The van der Waals surface area contributed by atoms with Crippen LogP contribution in [-0.4, -0.2) is 44.3 Å². The normalized spacial score (nSPS) is 14.9. The number of aliphatic hydroxyl groups excluding tert-OH is 1. The molecule has 3 aromatic rings. The van der Waals surface area contributed by atoms with Crippen molar-refractivity contribution in [3.05, 3.63) is 124 Å². The van der Waals surface area contributed by atoms with Crippen molar-refractivity contribution in [3.8, 4) is 5.75 Å². The van der Waals surface area contributed by atoms with Crippen LogP contribution in [0.3, 0.4) is 0 Å². The summed E-state index contributed by atoms with van der Waals surface area (Å²) < 4.78 is 28.6. The molecule has 1 N–H and O–H groups in total. The Morgan fingerprint density at radius 2 is 1.61 bits per heavy atom. The summed E-state index contributed by atoms with van der Waals surface area (Å²) in [6.07, 6.45) is 7.21. The van der Waals surface area contributed by atoms with Crippen LogP contribution in [0, 0.1) is 0 Å². The second-order valence-corrected chi connectivity index (χ2v) is 11.1. The first kappa shape index (κ1) is 34.6. The van der Waals surface area contributed by atoms with Crippen molar-refractivity contribution < 1.29 is 38.4 Å². The molecular weight excluding hydrogens is 584 g/mol. The lowest BCUT2D eigenvalue weighted by atomic mass is 9.84. The van der Waals surface area contributed by atoms with Crippen LogP contribution in [0.25, 0.3) is 0 Å². The smallest absolute Gasteiger partial charge is 0.302 e. The molecule has 1 aliphatic rings. The summed E-state index contributed by atoms with van der Waals surface area (Å²) in [5.74, 6) is -0.0334. The fourth-order valence-corrected chi connectivity index (χ4v) is 5.52. The van der Waals surface area contributed by atoms with Gasteiger partial charge in [0.05, 0.1) is 33.5 Å². The predicted molar refractivity (Wildman–Crippen MR) is 175 cm³/mol. The van der Waals surface area contributed by atoms with E-state index in [4.69, 9.17) is 23.7 Å². The number of benzene rings is 3. The maximum absolute atomic E-state index is 13.6. The standard InChI is InChI=1S/C38H44O8/c1-27(39)45-22-14-12-19-30-23-31-36(33(24-34(42-2)37(31)41)46-26-29-17-9-5-10-18-29)38(43-3)35(30)32(40)20-11-6-13-21-44-25-28-15-7-4-8-16-28/h4-5,7-10,12,14-18,23-24,32-33,40H,6,11,13,19-22,25-26H2,1-3H3/b14-12+. The molecule has 2 unspecified atom stereocenters. The second-order valence-electron chi connectivity index (χ2n) is 11.1. The Balaban J connectivity index is 1.55. The molecule has 244 valence electrons. The summed E-state index contributed by atoms with van der Waals surface area (Å²) in [6.45, 7) is 3.01. The lowest BCUT2D eigenvalue weighted by molar-refractivity contribution is -0.139. The van der Waals surface area contributed by atoms with Crippen molar-refractivity contribution in [2.45, 2.75) is 64.4 Å². The van der Waals surface area contributed by atoms with Gasteiger partial charge in [0.2, 0.25) is 5.78 Å². The molecule has 0 bridgehead atoms. The van der Waals surface area contributed by atoms with Gasteiger partial charge in [0.1, 0.15) is 18.5 Å². The number of Topliss-reactive ketones (excluding diaryl/α,β-unsaturated/α-hetero) is 1. The highest BCUT2D eigenvalue weighted by Crippen LogP contribution is 2.45. The van der Waals surface area contributed by atoms with Gasteiger partial charge in [-0.05, 0) is 48.1 Å². The summed E-state index contributed by atoms with van der Waals surface area (Å²) in [5, 5.41) is 11.6. The predicted octanol–water partition coefficient (Wildman–Crippen LogP) is 7.15. The number of carbonyl (C=O) groups is 2. The Labute approximate surface area is 271 Å². The molecule has 0 aromatic heterocycles. The van der Waals surface area contributed by atoms with Gasteiger partial charge in [0, 0.05) is 30.2 Å². The number of carbonyl (C=O) groups excluding carboxylic acids is 2. The van der Waals surface area contributed by atoms with E-state index in [1.54, 1.807) is 25.3 Å². The van der Waals surface area contributed by atoms with Crippen molar-refractivity contribution in [3.63, 3.8) is 0 Å². The fourth-order valence-electron chi connectivity index (χ4n) is 5.52. The van der Waals surface area contributed by atoms with Crippen LogP contribution >= 0.6 is 0 Å². The van der Waals surface area contributed by atoms with Crippen molar-refractivity contribution in [2.24, 2.45) is 0 Å². The molecule has 0 aliphatic heterocycles. The zero-order chi connectivity index (χ0) is 32.7. The topological polar surface area (TPSA) is 101 Å². The number of aliphatic hydroxyl groups is 1. The number of ether oxygens (including phenoxy) is 5. The molecule has 4 rings (SSSR count). The highest BCUT2D eigenvalue weighted by atomic mass is 16.5. The van der Waals surface area contributed by atoms with E-state index >= 15 is 0 Å². The third kappa shape index (κ3) is 9.63. The molecule has 0 saturated carbocycles. The molecule has 46 heavy (non-hydrogen) atoms. The molecule has 2 atom stereocenters. The van der Waals surface area contributed by atoms with Crippen molar-refractivity contribution in [2.75, 3.05) is 27.4 Å². The summed E-state index contributed by atoms with van der Waals surface area (Å²) in [4.78, 5) is 24.8. The third-order valence-electron chi connectivity index (χ3n) is 7.79. The second kappa shape index (κ2) is 18.0. The minimum absolute atomic E-state index is 0.131. The van der Waals surface area contributed by atoms with Gasteiger partial charge < -0.3 is 28.8 Å². The van der Waals surface area contributed by atoms with E-state index in [1.165, 1.54) is 14.0 Å². The SMILES string of the molecule is COC1=CC(OCc2ccccc2)c2c(cc(C/C=C/COC(C)=O)c(C(O)CCCCCOCc3ccccc3)c2OC)C1=O. The summed E-state index contributed by atoms with van der Waals surface area (Å²) in [7, 11) is 3.01. The van der Waals surface area contributed by atoms with Crippen molar-refractivity contribution in [1.29, 1.82) is 0 Å². The number of ketones is 1. The first-order chi connectivity index (χ1) is 22.4. The molecule has 0 radical (unpaired) electrons. The van der Waals surface area contributed by atoms with Gasteiger partial charge in [-0.15, -0.1) is 0 Å². The van der Waals surface area contributed by atoms with Crippen LogP contribution in [-0.2, 0) is 43.4 Å². The number of hydrogen-bond acceptors (Lipinski definition) is 8. The number of allylic oxidation sites excluding steroid dienone is 2. The molecule has 0 heterocycles. The summed E-state index contributed by atoms with van der Waals surface area (Å²) in [5.41, 5.74) is 4.46.